The molecular formula is C8H8FNS. The summed E-state index contributed by atoms with van der Waals surface area (Å²) in [6.07, 6.45) is 1.02. The Morgan fingerprint density at radius 3 is 3.27 bits per heavy atom. The molecule has 0 bridgehead atoms. The van der Waals surface area contributed by atoms with Gasteiger partial charge >= 0.3 is 0 Å². The van der Waals surface area contributed by atoms with Crippen LogP contribution in [0.2, 0.25) is 0 Å². The van der Waals surface area contributed by atoms with E-state index in [0.717, 1.165) is 11.4 Å². The molecule has 0 N–H and O–H groups in total. The Morgan fingerprint density at radius 2 is 2.45 bits per heavy atom. The zero-order valence-corrected chi connectivity index (χ0v) is 6.99. The van der Waals surface area contributed by atoms with Gasteiger partial charge < -0.3 is 0 Å². The monoisotopic (exact) mass is 169 g/mol. The van der Waals surface area contributed by atoms with Gasteiger partial charge in [-0.1, -0.05) is 13.0 Å². The minimum absolute atomic E-state index is 0.370. The average Bonchev–Trinajstić information content (AvgIpc) is 2.27. The summed E-state index contributed by atoms with van der Waals surface area (Å²) in [6, 6.07) is 3.26. The Bertz CT molecular complexity index is 287. The van der Waals surface area contributed by atoms with Crippen molar-refractivity contribution >= 4 is 11.8 Å². The molecule has 2 rings (SSSR count). The standard InChI is InChI=1S/C8H8FNS/c1-5-4-6-2-3-7(9)10-8(6)11-5/h2-3,5H,4H2,1H3. The lowest BCUT2D eigenvalue weighted by Crippen LogP contribution is -1.91. The quantitative estimate of drug-likeness (QED) is 0.552. The molecule has 2 heterocycles. The topological polar surface area (TPSA) is 12.9 Å². The van der Waals surface area contributed by atoms with E-state index in [2.05, 4.69) is 11.9 Å². The molecule has 1 aliphatic rings. The summed E-state index contributed by atoms with van der Waals surface area (Å²) in [7, 11) is 0. The van der Waals surface area contributed by atoms with Gasteiger partial charge in [-0.05, 0) is 18.1 Å². The van der Waals surface area contributed by atoms with E-state index in [-0.39, 0.29) is 5.95 Å². The highest BCUT2D eigenvalue weighted by Crippen LogP contribution is 2.34. The zero-order valence-electron chi connectivity index (χ0n) is 6.17. The van der Waals surface area contributed by atoms with E-state index >= 15 is 0 Å². The zero-order chi connectivity index (χ0) is 7.84. The highest BCUT2D eigenvalue weighted by atomic mass is 32.2. The molecule has 0 saturated heterocycles. The van der Waals surface area contributed by atoms with Gasteiger partial charge in [0.1, 0.15) is 5.03 Å². The molecule has 11 heavy (non-hydrogen) atoms. The van der Waals surface area contributed by atoms with Crippen LogP contribution in [0.4, 0.5) is 4.39 Å². The Morgan fingerprint density at radius 1 is 1.64 bits per heavy atom. The van der Waals surface area contributed by atoms with Crippen molar-refractivity contribution in [1.82, 2.24) is 4.98 Å². The fourth-order valence-electron chi connectivity index (χ4n) is 1.25. The average molecular weight is 169 g/mol. The summed E-state index contributed by atoms with van der Waals surface area (Å²) in [5.41, 5.74) is 1.18. The first-order valence-electron chi connectivity index (χ1n) is 3.58. The number of pyridine rings is 1. The Labute approximate surface area is 69.0 Å². The number of hydrogen-bond acceptors (Lipinski definition) is 2. The van der Waals surface area contributed by atoms with Gasteiger partial charge in [-0.15, -0.1) is 11.8 Å². The second-order valence-electron chi connectivity index (χ2n) is 2.73. The summed E-state index contributed by atoms with van der Waals surface area (Å²) < 4.78 is 12.6. The second kappa shape index (κ2) is 2.48. The van der Waals surface area contributed by atoms with E-state index in [1.165, 1.54) is 11.6 Å². The van der Waals surface area contributed by atoms with Gasteiger partial charge in [0, 0.05) is 5.25 Å². The molecule has 0 radical (unpaired) electrons. The van der Waals surface area contributed by atoms with Crippen molar-refractivity contribution in [1.29, 1.82) is 0 Å². The number of rotatable bonds is 0. The molecule has 1 atom stereocenters. The van der Waals surface area contributed by atoms with Crippen molar-refractivity contribution in [3.05, 3.63) is 23.6 Å². The van der Waals surface area contributed by atoms with Gasteiger partial charge in [-0.25, -0.2) is 4.98 Å². The number of fused-ring (bicyclic) bond motifs is 1. The molecule has 1 nitrogen and oxygen atoms in total. The molecule has 0 aromatic carbocycles. The fourth-order valence-corrected chi connectivity index (χ4v) is 2.33. The number of thioether (sulfide) groups is 1. The van der Waals surface area contributed by atoms with Crippen molar-refractivity contribution in [3.63, 3.8) is 0 Å². The van der Waals surface area contributed by atoms with Crippen molar-refractivity contribution < 1.29 is 4.39 Å². The van der Waals surface area contributed by atoms with Crippen LogP contribution in [-0.2, 0) is 6.42 Å². The summed E-state index contributed by atoms with van der Waals surface area (Å²) in [4.78, 5) is 3.80. The number of nitrogens with zero attached hydrogens (tertiary/aromatic N) is 1. The predicted molar refractivity (Wildman–Crippen MR) is 43.2 cm³/mol. The largest absolute Gasteiger partial charge is 0.213 e. The maximum Gasteiger partial charge on any atom is 0.213 e. The minimum atomic E-state index is -0.370. The minimum Gasteiger partial charge on any atom is -0.213 e. The van der Waals surface area contributed by atoms with E-state index in [1.807, 2.05) is 6.07 Å². The van der Waals surface area contributed by atoms with Crippen LogP contribution in [0, 0.1) is 5.95 Å². The molecule has 58 valence electrons. The first kappa shape index (κ1) is 7.10. The van der Waals surface area contributed by atoms with Gasteiger partial charge in [0.05, 0.1) is 0 Å². The van der Waals surface area contributed by atoms with Crippen LogP contribution in [-0.4, -0.2) is 10.2 Å². The van der Waals surface area contributed by atoms with Gasteiger partial charge in [0.2, 0.25) is 5.95 Å². The van der Waals surface area contributed by atoms with Crippen LogP contribution in [0.15, 0.2) is 17.2 Å². The molecule has 0 spiro atoms. The highest BCUT2D eigenvalue weighted by Gasteiger charge is 2.19. The number of hydrogen-bond donors (Lipinski definition) is 0. The van der Waals surface area contributed by atoms with E-state index in [0.29, 0.717) is 5.25 Å². The Balaban J connectivity index is 2.43. The third-order valence-corrected chi connectivity index (χ3v) is 2.87. The van der Waals surface area contributed by atoms with Crippen LogP contribution >= 0.6 is 11.8 Å². The molecule has 0 saturated carbocycles. The predicted octanol–water partition coefficient (Wildman–Crippen LogP) is 2.26. The molecule has 1 unspecified atom stereocenters. The molecule has 1 aromatic heterocycles. The van der Waals surface area contributed by atoms with Crippen molar-refractivity contribution in [3.8, 4) is 0 Å². The first-order chi connectivity index (χ1) is 5.25. The van der Waals surface area contributed by atoms with E-state index < -0.39 is 0 Å². The lowest BCUT2D eigenvalue weighted by molar-refractivity contribution is 0.570. The Hall–Kier alpha value is -0.570. The third kappa shape index (κ3) is 1.25. The summed E-state index contributed by atoms with van der Waals surface area (Å²) in [5.74, 6) is -0.370. The lowest BCUT2D eigenvalue weighted by Gasteiger charge is -1.94. The maximum absolute atomic E-state index is 12.6. The van der Waals surface area contributed by atoms with Gasteiger partial charge in [0.15, 0.2) is 0 Å². The second-order valence-corrected chi connectivity index (χ2v) is 4.16. The van der Waals surface area contributed by atoms with Crippen molar-refractivity contribution in [2.24, 2.45) is 0 Å². The SMILES string of the molecule is CC1Cc2ccc(F)nc2S1. The highest BCUT2D eigenvalue weighted by molar-refractivity contribution is 8.00. The smallest absolute Gasteiger partial charge is 0.213 e. The molecular weight excluding hydrogens is 161 g/mol. The van der Waals surface area contributed by atoms with Crippen LogP contribution in [0.5, 0.6) is 0 Å². The third-order valence-electron chi connectivity index (χ3n) is 1.73. The lowest BCUT2D eigenvalue weighted by atomic mass is 10.2. The van der Waals surface area contributed by atoms with Gasteiger partial charge in [0.25, 0.3) is 0 Å². The molecule has 1 aliphatic heterocycles. The molecule has 1 aromatic rings. The fraction of sp³-hybridized carbons (Fsp3) is 0.375. The normalized spacial score (nSPS) is 21.8. The van der Waals surface area contributed by atoms with Gasteiger partial charge in [-0.3, -0.25) is 0 Å². The first-order valence-corrected chi connectivity index (χ1v) is 4.46. The summed E-state index contributed by atoms with van der Waals surface area (Å²) in [5, 5.41) is 1.43. The van der Waals surface area contributed by atoms with Gasteiger partial charge in [-0.2, -0.15) is 4.39 Å². The molecule has 0 amide bonds. The van der Waals surface area contributed by atoms with E-state index in [4.69, 9.17) is 0 Å². The Kier molecular flexibility index (Phi) is 1.60. The van der Waals surface area contributed by atoms with Crippen LogP contribution < -0.4 is 0 Å². The van der Waals surface area contributed by atoms with Crippen molar-refractivity contribution in [2.75, 3.05) is 0 Å². The number of halogens is 1. The molecule has 0 fully saturated rings. The van der Waals surface area contributed by atoms with E-state index in [1.54, 1.807) is 11.8 Å². The summed E-state index contributed by atoms with van der Waals surface area (Å²) in [6.45, 7) is 2.13. The number of aromatic nitrogens is 1. The van der Waals surface area contributed by atoms with Crippen LogP contribution in [0.25, 0.3) is 0 Å². The summed E-state index contributed by atoms with van der Waals surface area (Å²) >= 11 is 1.65. The van der Waals surface area contributed by atoms with E-state index in [9.17, 15) is 4.39 Å². The van der Waals surface area contributed by atoms with Crippen molar-refractivity contribution in [2.45, 2.75) is 23.6 Å². The molecule has 0 aliphatic carbocycles. The molecule has 3 heteroatoms. The van der Waals surface area contributed by atoms with Crippen LogP contribution in [0.3, 0.4) is 0 Å². The maximum atomic E-state index is 12.6. The van der Waals surface area contributed by atoms with Crippen LogP contribution in [0.1, 0.15) is 12.5 Å².